The zero-order valence-electron chi connectivity index (χ0n) is 9.77. The van der Waals surface area contributed by atoms with Crippen molar-refractivity contribution in [1.29, 1.82) is 5.26 Å². The van der Waals surface area contributed by atoms with E-state index in [4.69, 9.17) is 16.9 Å². The maximum Gasteiger partial charge on any atom is 0.254 e. The predicted octanol–water partition coefficient (Wildman–Crippen LogP) is 2.56. The lowest BCUT2D eigenvalue weighted by atomic mass is 10.0. The monoisotopic (exact) mass is 264 g/mol. The molecule has 1 aromatic carbocycles. The number of amides is 1. The van der Waals surface area contributed by atoms with Gasteiger partial charge >= 0.3 is 0 Å². The number of nitrogens with zero attached hydrogens (tertiary/aromatic N) is 2. The zero-order chi connectivity index (χ0) is 13.1. The molecule has 0 bridgehead atoms. The number of phenols is 1. The van der Waals surface area contributed by atoms with Crippen LogP contribution in [0.5, 0.6) is 5.75 Å². The van der Waals surface area contributed by atoms with Gasteiger partial charge in [-0.25, -0.2) is 0 Å². The summed E-state index contributed by atoms with van der Waals surface area (Å²) in [5, 5.41) is 18.5. The van der Waals surface area contributed by atoms with Crippen molar-refractivity contribution in [2.45, 2.75) is 25.3 Å². The van der Waals surface area contributed by atoms with Crippen LogP contribution in [0.1, 0.15) is 29.6 Å². The topological polar surface area (TPSA) is 64.3 Å². The van der Waals surface area contributed by atoms with Crippen LogP contribution in [0.3, 0.4) is 0 Å². The summed E-state index contributed by atoms with van der Waals surface area (Å²) in [6, 6.07) is 6.13. The average molecular weight is 265 g/mol. The van der Waals surface area contributed by atoms with Crippen molar-refractivity contribution in [3.63, 3.8) is 0 Å². The molecule has 18 heavy (non-hydrogen) atoms. The third kappa shape index (κ3) is 2.41. The summed E-state index contributed by atoms with van der Waals surface area (Å²) >= 11 is 5.78. The molecule has 1 saturated heterocycles. The fourth-order valence-electron chi connectivity index (χ4n) is 2.11. The van der Waals surface area contributed by atoms with Crippen molar-refractivity contribution >= 4 is 17.5 Å². The van der Waals surface area contributed by atoms with Crippen LogP contribution in [0, 0.1) is 11.3 Å². The van der Waals surface area contributed by atoms with Crippen molar-refractivity contribution in [3.05, 3.63) is 28.8 Å². The molecule has 0 aliphatic carbocycles. The number of likely N-dealkylation sites (tertiary alicyclic amines) is 1. The van der Waals surface area contributed by atoms with E-state index in [1.807, 2.05) is 0 Å². The summed E-state index contributed by atoms with van der Waals surface area (Å²) in [4.78, 5) is 13.8. The van der Waals surface area contributed by atoms with Crippen molar-refractivity contribution in [3.8, 4) is 11.8 Å². The minimum absolute atomic E-state index is 0.0521. The summed E-state index contributed by atoms with van der Waals surface area (Å²) in [6.45, 7) is 0.593. The molecular formula is C13H13ClN2O2. The van der Waals surface area contributed by atoms with Gasteiger partial charge < -0.3 is 10.0 Å². The van der Waals surface area contributed by atoms with Crippen LogP contribution in [0.25, 0.3) is 0 Å². The van der Waals surface area contributed by atoms with E-state index in [0.29, 0.717) is 18.5 Å². The summed E-state index contributed by atoms with van der Waals surface area (Å²) in [5.74, 6) is -0.258. The number of carbonyl (C=O) groups excluding carboxylic acids is 1. The molecule has 1 N–H and O–H groups in total. The van der Waals surface area contributed by atoms with Crippen LogP contribution < -0.4 is 0 Å². The fourth-order valence-corrected chi connectivity index (χ4v) is 2.30. The number of carbonyl (C=O) groups is 1. The lowest BCUT2D eigenvalue weighted by Gasteiger charge is -2.31. The average Bonchev–Trinajstić information content (AvgIpc) is 2.41. The molecular weight excluding hydrogens is 252 g/mol. The maximum atomic E-state index is 12.3. The molecule has 5 heteroatoms. The molecule has 0 aromatic heterocycles. The molecule has 0 radical (unpaired) electrons. The Labute approximate surface area is 110 Å². The van der Waals surface area contributed by atoms with Gasteiger partial charge in [-0.15, -0.1) is 0 Å². The van der Waals surface area contributed by atoms with Gasteiger partial charge in [0.15, 0.2) is 0 Å². The van der Waals surface area contributed by atoms with Gasteiger partial charge in [-0.05, 0) is 37.5 Å². The number of hydrogen-bond acceptors (Lipinski definition) is 3. The highest BCUT2D eigenvalue weighted by atomic mass is 35.5. The first-order valence-electron chi connectivity index (χ1n) is 5.82. The van der Waals surface area contributed by atoms with Gasteiger partial charge in [0.1, 0.15) is 11.8 Å². The number of halogens is 1. The van der Waals surface area contributed by atoms with Crippen LogP contribution in [0.15, 0.2) is 18.2 Å². The molecule has 94 valence electrons. The molecule has 1 aromatic rings. The highest BCUT2D eigenvalue weighted by molar-refractivity contribution is 6.32. The summed E-state index contributed by atoms with van der Waals surface area (Å²) < 4.78 is 0. The van der Waals surface area contributed by atoms with Gasteiger partial charge in [-0.1, -0.05) is 11.6 Å². The molecule has 1 aliphatic rings. The van der Waals surface area contributed by atoms with Gasteiger partial charge in [-0.3, -0.25) is 4.79 Å². The fraction of sp³-hybridized carbons (Fsp3) is 0.385. The Bertz CT molecular complexity index is 510. The number of phenolic OH excluding ortho intramolecular Hbond substituents is 1. The lowest BCUT2D eigenvalue weighted by Crippen LogP contribution is -2.42. The minimum Gasteiger partial charge on any atom is -0.506 e. The predicted molar refractivity (Wildman–Crippen MR) is 67.4 cm³/mol. The second-order valence-electron chi connectivity index (χ2n) is 4.31. The molecule has 1 unspecified atom stereocenters. The van der Waals surface area contributed by atoms with Crippen LogP contribution in [-0.2, 0) is 0 Å². The third-order valence-electron chi connectivity index (χ3n) is 3.11. The van der Waals surface area contributed by atoms with E-state index >= 15 is 0 Å². The largest absolute Gasteiger partial charge is 0.506 e. The van der Waals surface area contributed by atoms with Crippen LogP contribution >= 0.6 is 11.6 Å². The van der Waals surface area contributed by atoms with Gasteiger partial charge in [0, 0.05) is 12.1 Å². The summed E-state index contributed by atoms with van der Waals surface area (Å²) in [5.41, 5.74) is 0.403. The molecule has 0 spiro atoms. The van der Waals surface area contributed by atoms with Gasteiger partial charge in [-0.2, -0.15) is 5.26 Å². The number of piperidine rings is 1. The number of nitriles is 1. The number of rotatable bonds is 1. The normalized spacial score (nSPS) is 19.3. The third-order valence-corrected chi connectivity index (χ3v) is 3.41. The quantitative estimate of drug-likeness (QED) is 0.848. The van der Waals surface area contributed by atoms with Crippen LogP contribution in [-0.4, -0.2) is 28.5 Å². The molecule has 1 heterocycles. The van der Waals surface area contributed by atoms with Crippen LogP contribution in [0.2, 0.25) is 5.02 Å². The Morgan fingerprint density at radius 3 is 2.94 bits per heavy atom. The van der Waals surface area contributed by atoms with Crippen molar-refractivity contribution in [1.82, 2.24) is 4.90 Å². The highest BCUT2D eigenvalue weighted by Crippen LogP contribution is 2.26. The number of benzene rings is 1. The molecule has 1 fully saturated rings. The molecule has 1 atom stereocenters. The van der Waals surface area contributed by atoms with E-state index in [9.17, 15) is 9.90 Å². The minimum atomic E-state index is -0.362. The first kappa shape index (κ1) is 12.7. The van der Waals surface area contributed by atoms with E-state index in [-0.39, 0.29) is 22.7 Å². The Morgan fingerprint density at radius 2 is 2.28 bits per heavy atom. The Kier molecular flexibility index (Phi) is 3.73. The van der Waals surface area contributed by atoms with Crippen molar-refractivity contribution in [2.24, 2.45) is 0 Å². The second-order valence-corrected chi connectivity index (χ2v) is 4.71. The van der Waals surface area contributed by atoms with Gasteiger partial charge in [0.05, 0.1) is 11.1 Å². The molecule has 1 amide bonds. The van der Waals surface area contributed by atoms with E-state index in [1.54, 1.807) is 4.90 Å². The van der Waals surface area contributed by atoms with E-state index < -0.39 is 0 Å². The zero-order valence-corrected chi connectivity index (χ0v) is 10.5. The highest BCUT2D eigenvalue weighted by Gasteiger charge is 2.27. The number of hydrogen-bond donors (Lipinski definition) is 1. The standard InChI is InChI=1S/C13H13ClN2O2/c14-11-7-9(4-5-12(11)17)13(18)16-6-2-1-3-10(16)8-15/h4-5,7,10,17H,1-3,6H2. The first-order chi connectivity index (χ1) is 8.63. The van der Waals surface area contributed by atoms with Crippen LogP contribution in [0.4, 0.5) is 0 Å². The Morgan fingerprint density at radius 1 is 1.50 bits per heavy atom. The SMILES string of the molecule is N#CC1CCCCN1C(=O)c1ccc(O)c(Cl)c1. The van der Waals surface area contributed by atoms with Gasteiger partial charge in [0.25, 0.3) is 5.91 Å². The Balaban J connectivity index is 2.24. The van der Waals surface area contributed by atoms with E-state index in [2.05, 4.69) is 6.07 Å². The molecule has 4 nitrogen and oxygen atoms in total. The molecule has 0 saturated carbocycles. The maximum absolute atomic E-state index is 12.3. The number of aromatic hydroxyl groups is 1. The molecule has 2 rings (SSSR count). The van der Waals surface area contributed by atoms with E-state index in [0.717, 1.165) is 12.8 Å². The molecule has 1 aliphatic heterocycles. The van der Waals surface area contributed by atoms with Gasteiger partial charge in [0.2, 0.25) is 0 Å². The summed E-state index contributed by atoms with van der Waals surface area (Å²) in [7, 11) is 0. The lowest BCUT2D eigenvalue weighted by molar-refractivity contribution is 0.0670. The second kappa shape index (κ2) is 5.28. The van der Waals surface area contributed by atoms with Crippen molar-refractivity contribution < 1.29 is 9.90 Å². The smallest absolute Gasteiger partial charge is 0.254 e. The summed E-state index contributed by atoms with van der Waals surface area (Å²) in [6.07, 6.45) is 2.60. The first-order valence-corrected chi connectivity index (χ1v) is 6.20. The Hall–Kier alpha value is -1.73. The van der Waals surface area contributed by atoms with E-state index in [1.165, 1.54) is 18.2 Å². The van der Waals surface area contributed by atoms with Crippen molar-refractivity contribution in [2.75, 3.05) is 6.54 Å².